The molecule has 1 atom stereocenters. The largest absolute Gasteiger partial charge is 0.389 e. The van der Waals surface area contributed by atoms with Crippen molar-refractivity contribution in [3.63, 3.8) is 0 Å². The SMILES string of the molecule is CCOC[C@@H](O)CN1CCN(C(=O)CN2CCCC2=O)CC1. The Labute approximate surface area is 131 Å². The van der Waals surface area contributed by atoms with E-state index < -0.39 is 6.10 Å². The van der Waals surface area contributed by atoms with Crippen LogP contribution in [0.25, 0.3) is 0 Å². The minimum atomic E-state index is -0.482. The number of amides is 2. The molecule has 0 unspecified atom stereocenters. The highest BCUT2D eigenvalue weighted by Crippen LogP contribution is 2.11. The quantitative estimate of drug-likeness (QED) is 0.663. The Morgan fingerprint density at radius 3 is 2.59 bits per heavy atom. The highest BCUT2D eigenvalue weighted by atomic mass is 16.5. The van der Waals surface area contributed by atoms with Crippen molar-refractivity contribution < 1.29 is 19.4 Å². The molecule has 7 nitrogen and oxygen atoms in total. The van der Waals surface area contributed by atoms with E-state index >= 15 is 0 Å². The summed E-state index contributed by atoms with van der Waals surface area (Å²) in [6, 6.07) is 0. The highest BCUT2D eigenvalue weighted by molar-refractivity contribution is 5.85. The van der Waals surface area contributed by atoms with E-state index in [-0.39, 0.29) is 18.4 Å². The molecule has 2 aliphatic heterocycles. The zero-order valence-corrected chi connectivity index (χ0v) is 13.4. The van der Waals surface area contributed by atoms with Gasteiger partial charge in [0.2, 0.25) is 11.8 Å². The first-order valence-corrected chi connectivity index (χ1v) is 8.14. The van der Waals surface area contributed by atoms with Crippen LogP contribution >= 0.6 is 0 Å². The Morgan fingerprint density at radius 2 is 2.00 bits per heavy atom. The van der Waals surface area contributed by atoms with Crippen LogP contribution in [0.3, 0.4) is 0 Å². The molecule has 0 aliphatic carbocycles. The van der Waals surface area contributed by atoms with E-state index in [4.69, 9.17) is 4.74 Å². The third-order valence-corrected chi connectivity index (χ3v) is 4.21. The molecule has 2 fully saturated rings. The van der Waals surface area contributed by atoms with Gasteiger partial charge in [-0.25, -0.2) is 0 Å². The van der Waals surface area contributed by atoms with Crippen molar-refractivity contribution in [2.24, 2.45) is 0 Å². The standard InChI is InChI=1S/C15H27N3O4/c1-2-22-12-13(19)10-16-6-8-17(9-7-16)15(21)11-18-5-3-4-14(18)20/h13,19H,2-12H2,1H3/t13-/m0/s1. The lowest BCUT2D eigenvalue weighted by Crippen LogP contribution is -2.52. The van der Waals surface area contributed by atoms with Gasteiger partial charge in [-0.05, 0) is 13.3 Å². The molecule has 2 amide bonds. The number of hydrogen-bond donors (Lipinski definition) is 1. The molecule has 0 spiro atoms. The summed E-state index contributed by atoms with van der Waals surface area (Å²) in [6.07, 6.45) is 0.945. The van der Waals surface area contributed by atoms with Crippen molar-refractivity contribution in [1.82, 2.24) is 14.7 Å². The summed E-state index contributed by atoms with van der Waals surface area (Å²) in [5.41, 5.74) is 0. The third-order valence-electron chi connectivity index (χ3n) is 4.21. The fourth-order valence-corrected chi connectivity index (χ4v) is 2.92. The molecule has 0 aromatic heterocycles. The molecule has 0 aromatic rings. The Bertz CT molecular complexity index is 383. The molecule has 126 valence electrons. The van der Waals surface area contributed by atoms with E-state index in [2.05, 4.69) is 4.90 Å². The predicted molar refractivity (Wildman–Crippen MR) is 81.3 cm³/mol. The Balaban J connectivity index is 1.67. The number of carbonyl (C=O) groups excluding carboxylic acids is 2. The number of rotatable bonds is 7. The number of aliphatic hydroxyl groups excluding tert-OH is 1. The number of hydrogen-bond acceptors (Lipinski definition) is 5. The van der Waals surface area contributed by atoms with Crippen LogP contribution in [0.1, 0.15) is 19.8 Å². The second-order valence-corrected chi connectivity index (χ2v) is 5.91. The summed E-state index contributed by atoms with van der Waals surface area (Å²) in [4.78, 5) is 29.4. The van der Waals surface area contributed by atoms with Crippen molar-refractivity contribution in [1.29, 1.82) is 0 Å². The first-order valence-electron chi connectivity index (χ1n) is 8.14. The molecule has 22 heavy (non-hydrogen) atoms. The molecular formula is C15H27N3O4. The monoisotopic (exact) mass is 313 g/mol. The van der Waals surface area contributed by atoms with E-state index in [1.54, 1.807) is 4.90 Å². The smallest absolute Gasteiger partial charge is 0.242 e. The molecule has 2 aliphatic rings. The lowest BCUT2D eigenvalue weighted by Gasteiger charge is -2.36. The average Bonchev–Trinajstić information content (AvgIpc) is 2.91. The highest BCUT2D eigenvalue weighted by Gasteiger charge is 2.27. The van der Waals surface area contributed by atoms with Crippen LogP contribution in [-0.4, -0.2) is 96.8 Å². The fourth-order valence-electron chi connectivity index (χ4n) is 2.92. The lowest BCUT2D eigenvalue weighted by atomic mass is 10.2. The summed E-state index contributed by atoms with van der Waals surface area (Å²) in [5, 5.41) is 9.84. The number of likely N-dealkylation sites (tertiary alicyclic amines) is 1. The molecule has 2 rings (SSSR count). The number of piperazine rings is 1. The second-order valence-electron chi connectivity index (χ2n) is 5.91. The maximum absolute atomic E-state index is 12.2. The summed E-state index contributed by atoms with van der Waals surface area (Å²) in [5.74, 6) is 0.121. The van der Waals surface area contributed by atoms with Crippen LogP contribution in [-0.2, 0) is 14.3 Å². The molecule has 1 N–H and O–H groups in total. The molecule has 0 aromatic carbocycles. The van der Waals surface area contributed by atoms with Gasteiger partial charge in [0.25, 0.3) is 0 Å². The van der Waals surface area contributed by atoms with Gasteiger partial charge in [0.1, 0.15) is 0 Å². The van der Waals surface area contributed by atoms with E-state index in [1.807, 2.05) is 11.8 Å². The average molecular weight is 313 g/mol. The topological polar surface area (TPSA) is 73.3 Å². The molecule has 2 saturated heterocycles. The van der Waals surface area contributed by atoms with Crippen LogP contribution in [0.15, 0.2) is 0 Å². The van der Waals surface area contributed by atoms with Crippen LogP contribution in [0.2, 0.25) is 0 Å². The van der Waals surface area contributed by atoms with Gasteiger partial charge >= 0.3 is 0 Å². The van der Waals surface area contributed by atoms with Gasteiger partial charge in [0.05, 0.1) is 19.3 Å². The van der Waals surface area contributed by atoms with Crippen molar-refractivity contribution >= 4 is 11.8 Å². The summed E-state index contributed by atoms with van der Waals surface area (Å²) < 4.78 is 5.20. The lowest BCUT2D eigenvalue weighted by molar-refractivity contribution is -0.139. The molecule has 0 bridgehead atoms. The van der Waals surface area contributed by atoms with E-state index in [9.17, 15) is 14.7 Å². The van der Waals surface area contributed by atoms with Gasteiger partial charge in [-0.1, -0.05) is 0 Å². The number of carbonyl (C=O) groups is 2. The van der Waals surface area contributed by atoms with E-state index in [1.165, 1.54) is 0 Å². The Morgan fingerprint density at radius 1 is 1.27 bits per heavy atom. The summed E-state index contributed by atoms with van der Waals surface area (Å²) in [7, 11) is 0. The first-order chi connectivity index (χ1) is 10.6. The number of ether oxygens (including phenoxy) is 1. The minimum Gasteiger partial charge on any atom is -0.389 e. The Hall–Kier alpha value is -1.18. The molecule has 0 radical (unpaired) electrons. The molecule has 2 heterocycles. The van der Waals surface area contributed by atoms with Gasteiger partial charge in [-0.3, -0.25) is 14.5 Å². The van der Waals surface area contributed by atoms with Crippen molar-refractivity contribution in [2.45, 2.75) is 25.9 Å². The van der Waals surface area contributed by atoms with E-state index in [0.29, 0.717) is 45.8 Å². The van der Waals surface area contributed by atoms with Crippen molar-refractivity contribution in [3.8, 4) is 0 Å². The molecule has 0 saturated carbocycles. The van der Waals surface area contributed by atoms with Crippen LogP contribution in [0.5, 0.6) is 0 Å². The first kappa shape index (κ1) is 17.2. The number of nitrogens with zero attached hydrogens (tertiary/aromatic N) is 3. The Kier molecular flexibility index (Phi) is 6.60. The maximum atomic E-state index is 12.2. The van der Waals surface area contributed by atoms with Crippen molar-refractivity contribution in [3.05, 3.63) is 0 Å². The van der Waals surface area contributed by atoms with Gasteiger partial charge in [-0.15, -0.1) is 0 Å². The minimum absolute atomic E-state index is 0.0322. The van der Waals surface area contributed by atoms with Gasteiger partial charge in [0.15, 0.2) is 0 Å². The molecule has 7 heteroatoms. The number of aliphatic hydroxyl groups is 1. The van der Waals surface area contributed by atoms with Crippen LogP contribution < -0.4 is 0 Å². The zero-order valence-electron chi connectivity index (χ0n) is 13.4. The zero-order chi connectivity index (χ0) is 15.9. The van der Waals surface area contributed by atoms with E-state index in [0.717, 1.165) is 19.5 Å². The van der Waals surface area contributed by atoms with Gasteiger partial charge in [-0.2, -0.15) is 0 Å². The predicted octanol–water partition coefficient (Wildman–Crippen LogP) is -0.850. The van der Waals surface area contributed by atoms with Crippen LogP contribution in [0, 0.1) is 0 Å². The molecular weight excluding hydrogens is 286 g/mol. The van der Waals surface area contributed by atoms with Gasteiger partial charge < -0.3 is 19.6 Å². The maximum Gasteiger partial charge on any atom is 0.242 e. The normalized spacial score (nSPS) is 21.5. The van der Waals surface area contributed by atoms with Crippen molar-refractivity contribution in [2.75, 3.05) is 59.0 Å². The third kappa shape index (κ3) is 4.93. The van der Waals surface area contributed by atoms with Gasteiger partial charge in [0, 0.05) is 52.3 Å². The number of β-amino-alcohol motifs (C(OH)–C–C–N with tert-alkyl or cyclic N) is 1. The summed E-state index contributed by atoms with van der Waals surface area (Å²) in [6.45, 7) is 7.17. The summed E-state index contributed by atoms with van der Waals surface area (Å²) >= 11 is 0. The van der Waals surface area contributed by atoms with Crippen LogP contribution in [0.4, 0.5) is 0 Å². The fraction of sp³-hybridized carbons (Fsp3) is 0.867. The second kappa shape index (κ2) is 8.45.